The maximum absolute atomic E-state index is 12.8. The molecule has 0 saturated heterocycles. The minimum absolute atomic E-state index is 0.0400. The minimum atomic E-state index is -0.891. The second-order valence-electron chi connectivity index (χ2n) is 7.08. The van der Waals surface area contributed by atoms with Crippen LogP contribution in [0.3, 0.4) is 0 Å². The van der Waals surface area contributed by atoms with E-state index in [9.17, 15) is 9.59 Å². The normalized spacial score (nSPS) is 15.0. The quantitative estimate of drug-likeness (QED) is 0.672. The van der Waals surface area contributed by atoms with Crippen molar-refractivity contribution in [2.45, 2.75) is 25.8 Å². The van der Waals surface area contributed by atoms with Gasteiger partial charge in [0, 0.05) is 25.4 Å². The zero-order chi connectivity index (χ0) is 21.5. The summed E-state index contributed by atoms with van der Waals surface area (Å²) in [7, 11) is 2.11. The third-order valence-electron chi connectivity index (χ3n) is 4.84. The monoisotopic (exact) mass is 451 g/mol. The van der Waals surface area contributed by atoms with Crippen LogP contribution in [0, 0.1) is 0 Å². The molecule has 1 atom stereocenters. The summed E-state index contributed by atoms with van der Waals surface area (Å²) in [6.07, 6.45) is 1.19. The topological polar surface area (TPSA) is 79.9 Å². The van der Waals surface area contributed by atoms with Crippen LogP contribution >= 0.6 is 22.9 Å². The zero-order valence-electron chi connectivity index (χ0n) is 17.1. The summed E-state index contributed by atoms with van der Waals surface area (Å²) in [5, 5.41) is 5.80. The molecule has 0 fully saturated rings. The molecule has 0 spiro atoms. The van der Waals surface area contributed by atoms with Gasteiger partial charge in [-0.2, -0.15) is 0 Å². The summed E-state index contributed by atoms with van der Waals surface area (Å²) in [4.78, 5) is 27.3. The molecule has 2 N–H and O–H groups in total. The van der Waals surface area contributed by atoms with Gasteiger partial charge in [0.2, 0.25) is 5.91 Å². The maximum atomic E-state index is 12.8. The average Bonchev–Trinajstić information content (AvgIpc) is 3.03. The van der Waals surface area contributed by atoms with Crippen molar-refractivity contribution in [3.8, 4) is 5.06 Å². The van der Waals surface area contributed by atoms with Gasteiger partial charge in [-0.15, -0.1) is 0 Å². The summed E-state index contributed by atoms with van der Waals surface area (Å²) in [6.45, 7) is 4.30. The Morgan fingerprint density at radius 3 is 2.67 bits per heavy atom. The highest BCUT2D eigenvalue weighted by Gasteiger charge is 2.23. The first kappa shape index (κ1) is 22.6. The summed E-state index contributed by atoms with van der Waals surface area (Å²) in [5.74, 6) is -0.365. The smallest absolute Gasteiger partial charge is 0.399 e. The van der Waals surface area contributed by atoms with E-state index in [1.807, 2.05) is 19.1 Å². The summed E-state index contributed by atoms with van der Waals surface area (Å²) in [5.41, 5.74) is 3.24. The number of hydrogen-bond acceptors (Lipinski definition) is 6. The number of halogens is 1. The SMILES string of the molecule is CCOCC(NC(=O)Oc1ccc(Cl)s1)C(=O)Nc1ccc2c(c1)CCN(C)CC2. The number of likely N-dealkylation sites (N-methyl/N-ethyl adjacent to an activating group) is 1. The van der Waals surface area contributed by atoms with Gasteiger partial charge in [-0.3, -0.25) is 4.79 Å². The lowest BCUT2D eigenvalue weighted by atomic mass is 10.0. The number of amides is 2. The number of hydrogen-bond donors (Lipinski definition) is 2. The molecule has 0 radical (unpaired) electrons. The molecule has 1 aliphatic rings. The third kappa shape index (κ3) is 6.43. The van der Waals surface area contributed by atoms with Crippen molar-refractivity contribution < 1.29 is 19.1 Å². The molecular weight excluding hydrogens is 426 g/mol. The molecule has 2 amide bonds. The number of rotatable bonds is 7. The van der Waals surface area contributed by atoms with Crippen LogP contribution in [-0.2, 0) is 22.4 Å². The highest BCUT2D eigenvalue weighted by molar-refractivity contribution is 7.17. The Balaban J connectivity index is 1.64. The van der Waals surface area contributed by atoms with Gasteiger partial charge in [0.15, 0.2) is 5.06 Å². The van der Waals surface area contributed by atoms with E-state index >= 15 is 0 Å². The van der Waals surface area contributed by atoms with Crippen LogP contribution in [0.2, 0.25) is 4.34 Å². The lowest BCUT2D eigenvalue weighted by Crippen LogP contribution is -2.47. The van der Waals surface area contributed by atoms with Gasteiger partial charge in [-0.1, -0.05) is 29.0 Å². The van der Waals surface area contributed by atoms with E-state index in [1.54, 1.807) is 12.1 Å². The highest BCUT2D eigenvalue weighted by atomic mass is 35.5. The minimum Gasteiger partial charge on any atom is -0.399 e. The molecule has 1 aromatic carbocycles. The van der Waals surface area contributed by atoms with Crippen molar-refractivity contribution in [1.82, 2.24) is 10.2 Å². The Bertz CT molecular complexity index is 889. The molecule has 2 heterocycles. The van der Waals surface area contributed by atoms with E-state index < -0.39 is 12.1 Å². The fourth-order valence-electron chi connectivity index (χ4n) is 3.18. The second-order valence-corrected chi connectivity index (χ2v) is 8.76. The van der Waals surface area contributed by atoms with Gasteiger partial charge in [-0.25, -0.2) is 4.79 Å². The molecule has 30 heavy (non-hydrogen) atoms. The summed E-state index contributed by atoms with van der Waals surface area (Å²) < 4.78 is 11.1. The van der Waals surface area contributed by atoms with Crippen molar-refractivity contribution in [2.24, 2.45) is 0 Å². The molecule has 0 aliphatic carbocycles. The Kier molecular flexibility index (Phi) is 8.09. The first-order valence-electron chi connectivity index (χ1n) is 9.87. The van der Waals surface area contributed by atoms with Crippen molar-refractivity contribution in [1.29, 1.82) is 0 Å². The predicted octanol–water partition coefficient (Wildman–Crippen LogP) is 3.56. The second kappa shape index (κ2) is 10.8. The molecule has 1 aromatic heterocycles. The first-order valence-corrected chi connectivity index (χ1v) is 11.1. The molecule has 0 bridgehead atoms. The number of benzene rings is 1. The standard InChI is InChI=1S/C21H26ClN3O4S/c1-3-28-13-17(24-21(27)29-19-7-6-18(22)30-19)20(26)23-16-5-4-14-8-10-25(2)11-9-15(14)12-16/h4-7,12,17H,3,8-11,13H2,1-2H3,(H,23,26)(H,24,27). The lowest BCUT2D eigenvalue weighted by molar-refractivity contribution is -0.119. The van der Waals surface area contributed by atoms with Crippen LogP contribution in [0.25, 0.3) is 0 Å². The number of carbonyl (C=O) groups excluding carboxylic acids is 2. The van der Waals surface area contributed by atoms with Crippen LogP contribution in [0.5, 0.6) is 5.06 Å². The Hall–Kier alpha value is -2.13. The van der Waals surface area contributed by atoms with Crippen LogP contribution < -0.4 is 15.4 Å². The summed E-state index contributed by atoms with van der Waals surface area (Å²) in [6, 6.07) is 8.30. The Labute approximate surface area is 185 Å². The molecule has 9 heteroatoms. The molecule has 1 aliphatic heterocycles. The number of carbonyl (C=O) groups is 2. The van der Waals surface area contributed by atoms with Gasteiger partial charge < -0.3 is 25.0 Å². The van der Waals surface area contributed by atoms with Crippen LogP contribution in [0.15, 0.2) is 30.3 Å². The van der Waals surface area contributed by atoms with Gasteiger partial charge in [0.1, 0.15) is 6.04 Å². The summed E-state index contributed by atoms with van der Waals surface area (Å²) >= 11 is 6.98. The number of thiophene rings is 1. The van der Waals surface area contributed by atoms with E-state index in [1.165, 1.54) is 11.1 Å². The van der Waals surface area contributed by atoms with Crippen LogP contribution in [-0.4, -0.2) is 56.3 Å². The van der Waals surface area contributed by atoms with Crippen LogP contribution in [0.1, 0.15) is 18.1 Å². The first-order chi connectivity index (χ1) is 14.4. The van der Waals surface area contributed by atoms with Gasteiger partial charge in [0.05, 0.1) is 10.9 Å². The average molecular weight is 452 g/mol. The maximum Gasteiger partial charge on any atom is 0.414 e. The Morgan fingerprint density at radius 2 is 1.97 bits per heavy atom. The van der Waals surface area contributed by atoms with Crippen molar-refractivity contribution in [3.05, 3.63) is 45.8 Å². The molecule has 7 nitrogen and oxygen atoms in total. The highest BCUT2D eigenvalue weighted by Crippen LogP contribution is 2.28. The van der Waals surface area contributed by atoms with E-state index in [-0.39, 0.29) is 12.5 Å². The Morgan fingerprint density at radius 1 is 1.20 bits per heavy atom. The zero-order valence-corrected chi connectivity index (χ0v) is 18.6. The molecular formula is C21H26ClN3O4S. The number of fused-ring (bicyclic) bond motifs is 1. The van der Waals surface area contributed by atoms with Crippen LogP contribution in [0.4, 0.5) is 10.5 Å². The molecule has 1 unspecified atom stereocenters. The fraction of sp³-hybridized carbons (Fsp3) is 0.429. The van der Waals surface area contributed by atoms with Gasteiger partial charge >= 0.3 is 6.09 Å². The number of nitrogens with one attached hydrogen (secondary N) is 2. The van der Waals surface area contributed by atoms with Crippen molar-refractivity contribution in [3.63, 3.8) is 0 Å². The number of nitrogens with zero attached hydrogens (tertiary/aromatic N) is 1. The molecule has 0 saturated carbocycles. The molecule has 3 rings (SSSR count). The van der Waals surface area contributed by atoms with E-state index in [2.05, 4.69) is 28.6 Å². The predicted molar refractivity (Wildman–Crippen MR) is 119 cm³/mol. The van der Waals surface area contributed by atoms with E-state index in [0.717, 1.165) is 37.3 Å². The van der Waals surface area contributed by atoms with E-state index in [4.69, 9.17) is 21.1 Å². The van der Waals surface area contributed by atoms with Gasteiger partial charge in [-0.05, 0) is 62.2 Å². The molecule has 2 aromatic rings. The number of ether oxygens (including phenoxy) is 2. The van der Waals surface area contributed by atoms with E-state index in [0.29, 0.717) is 21.7 Å². The molecule has 162 valence electrons. The third-order valence-corrected chi connectivity index (χ3v) is 5.95. The fourth-order valence-corrected chi connectivity index (χ4v) is 4.05. The van der Waals surface area contributed by atoms with Crippen molar-refractivity contribution in [2.75, 3.05) is 38.7 Å². The largest absolute Gasteiger partial charge is 0.414 e. The number of anilines is 1. The van der Waals surface area contributed by atoms with Crippen molar-refractivity contribution >= 4 is 40.6 Å². The van der Waals surface area contributed by atoms with Gasteiger partial charge in [0.25, 0.3) is 0 Å². The lowest BCUT2D eigenvalue weighted by Gasteiger charge is -2.18.